The van der Waals surface area contributed by atoms with Crippen LogP contribution in [-0.2, 0) is 42.6 Å². The maximum absolute atomic E-state index is 6.01. The molecule has 1 aromatic rings. The molecule has 0 aliphatic heterocycles. The van der Waals surface area contributed by atoms with E-state index in [9.17, 15) is 0 Å². The van der Waals surface area contributed by atoms with Gasteiger partial charge in [0.25, 0.3) is 0 Å². The van der Waals surface area contributed by atoms with Gasteiger partial charge in [0.05, 0.1) is 0 Å². The standard InChI is InChI=1S/C18H26.C9H7.C5H5.CH3.4ClH.2Zr/c1-9-10(2)14(6)17(13(9)5)18-15(7)11(3)12(4)16(18)8;1-2-5-9-7-3-6-8(9)4-1;1-2-4-5-3-1;;;;;;;/h13,15H,1-8H3;1-7H;1-3H,4H2;1H3;4*1H;;/q;;;;;;;;2*+2/p-4. The Morgan fingerprint density at radius 3 is 1.62 bits per heavy atom. The molecule has 3 atom stereocenters. The Bertz CT molecular complexity index is 1230. The average Bonchev–Trinajstić information content (AvgIpc) is 3.61. The average molecular weight is 762 g/mol. The molecule has 209 valence electrons. The fourth-order valence-corrected chi connectivity index (χ4v) is 10.3. The first kappa shape index (κ1) is 37.4. The van der Waals surface area contributed by atoms with Crippen molar-refractivity contribution in [2.45, 2.75) is 70.1 Å². The number of allylic oxidation sites excluding steroid dienone is 13. The Labute approximate surface area is 277 Å². The van der Waals surface area contributed by atoms with Crippen LogP contribution in [0.15, 0.2) is 96.4 Å². The molecule has 4 aliphatic rings. The molecule has 6 heteroatoms. The van der Waals surface area contributed by atoms with Crippen LogP contribution in [0.25, 0.3) is 6.08 Å². The Morgan fingerprint density at radius 1 is 0.795 bits per heavy atom. The van der Waals surface area contributed by atoms with Crippen LogP contribution >= 0.6 is 17.0 Å². The second-order valence-corrected chi connectivity index (χ2v) is 28.4. The Hall–Kier alpha value is 0.326. The van der Waals surface area contributed by atoms with Crippen LogP contribution in [0.4, 0.5) is 0 Å². The second-order valence-electron chi connectivity index (χ2n) is 10.8. The monoisotopic (exact) mass is 757 g/mol. The molecule has 0 heterocycles. The molecular weight excluding hydrogens is 721 g/mol. The summed E-state index contributed by atoms with van der Waals surface area (Å²) in [7, 11) is 12.0. The molecular formula is C33H41Cl4Zr2. The van der Waals surface area contributed by atoms with Gasteiger partial charge < -0.3 is 24.8 Å². The number of halogens is 4. The van der Waals surface area contributed by atoms with E-state index >= 15 is 0 Å². The fourth-order valence-electron chi connectivity index (χ4n) is 5.62. The summed E-state index contributed by atoms with van der Waals surface area (Å²) in [5.41, 5.74) is 15.3. The zero-order valence-corrected chi connectivity index (χ0v) is 32.6. The SMILES string of the molecule is CC1=C(C)C(C)C(C2=C(C)C(C)=C(C)C2C)=C1C.[CH3][Zr]([Cl])([Cl])[C]1=CC=CC1.[Cl-].[Cl-].[Zr+2][CH]1C=Cc2ccccc21. The van der Waals surface area contributed by atoms with E-state index in [-0.39, 0.29) is 24.8 Å². The van der Waals surface area contributed by atoms with Crippen molar-refractivity contribution in [3.63, 3.8) is 0 Å². The van der Waals surface area contributed by atoms with Crippen LogP contribution in [0.3, 0.4) is 0 Å². The van der Waals surface area contributed by atoms with E-state index in [1.54, 1.807) is 47.0 Å². The summed E-state index contributed by atoms with van der Waals surface area (Å²) < 4.78 is 3.99. The Balaban J connectivity index is 0.000000309. The number of fused-ring (bicyclic) bond motifs is 1. The van der Waals surface area contributed by atoms with Crippen LogP contribution in [0, 0.1) is 11.8 Å². The molecule has 4 aliphatic carbocycles. The van der Waals surface area contributed by atoms with Crippen LogP contribution in [-0.4, -0.2) is 0 Å². The maximum atomic E-state index is 6.01. The predicted octanol–water partition coefficient (Wildman–Crippen LogP) is 5.24. The van der Waals surface area contributed by atoms with Gasteiger partial charge in [0.15, 0.2) is 0 Å². The molecule has 3 unspecified atom stereocenters. The molecule has 0 nitrogen and oxygen atoms in total. The molecule has 0 amide bonds. The Morgan fingerprint density at radius 2 is 1.28 bits per heavy atom. The molecule has 39 heavy (non-hydrogen) atoms. The second kappa shape index (κ2) is 15.7. The van der Waals surface area contributed by atoms with Crippen molar-refractivity contribution in [3.8, 4) is 0 Å². The summed E-state index contributed by atoms with van der Waals surface area (Å²) >= 11 is -1.06. The summed E-state index contributed by atoms with van der Waals surface area (Å²) in [4.78, 5) is 0. The molecule has 1 aromatic carbocycles. The van der Waals surface area contributed by atoms with Gasteiger partial charge in [-0.05, 0) is 75.0 Å². The van der Waals surface area contributed by atoms with E-state index in [1.165, 1.54) is 36.7 Å². The third-order valence-corrected chi connectivity index (χ3v) is 16.5. The van der Waals surface area contributed by atoms with E-state index in [0.29, 0.717) is 15.5 Å². The first-order chi connectivity index (χ1) is 17.3. The van der Waals surface area contributed by atoms with Gasteiger partial charge in [-0.2, -0.15) is 0 Å². The molecule has 0 fully saturated rings. The number of hydrogen-bond donors (Lipinski definition) is 0. The Kier molecular flexibility index (Phi) is 15.0. The molecule has 0 N–H and O–H groups in total. The van der Waals surface area contributed by atoms with E-state index in [0.717, 1.165) is 6.42 Å². The zero-order valence-electron chi connectivity index (χ0n) is 24.6. The van der Waals surface area contributed by atoms with Crippen molar-refractivity contribution >= 4 is 23.1 Å². The molecule has 0 radical (unpaired) electrons. The van der Waals surface area contributed by atoms with Gasteiger partial charge in [0, 0.05) is 11.8 Å². The molecule has 5 rings (SSSR count). The van der Waals surface area contributed by atoms with Crippen LogP contribution < -0.4 is 24.8 Å². The number of hydrogen-bond acceptors (Lipinski definition) is 0. The van der Waals surface area contributed by atoms with Gasteiger partial charge in [-0.15, -0.1) is 0 Å². The minimum absolute atomic E-state index is 0. The van der Waals surface area contributed by atoms with Crippen LogP contribution in [0.1, 0.15) is 76.6 Å². The minimum atomic E-state index is -2.65. The van der Waals surface area contributed by atoms with Crippen molar-refractivity contribution in [1.82, 2.24) is 0 Å². The number of rotatable bonds is 2. The zero-order chi connectivity index (χ0) is 27.7. The van der Waals surface area contributed by atoms with Gasteiger partial charge in [0.1, 0.15) is 0 Å². The number of benzene rings is 1. The third kappa shape index (κ3) is 8.46. The van der Waals surface area contributed by atoms with E-state index in [2.05, 4.69) is 104 Å². The van der Waals surface area contributed by atoms with Crippen molar-refractivity contribution in [3.05, 3.63) is 108 Å². The molecule has 0 saturated carbocycles. The van der Waals surface area contributed by atoms with Gasteiger partial charge in [-0.3, -0.25) is 0 Å². The summed E-state index contributed by atoms with van der Waals surface area (Å²) in [6.45, 7) is 18.5. The van der Waals surface area contributed by atoms with E-state index in [1.807, 2.05) is 10.7 Å². The van der Waals surface area contributed by atoms with Gasteiger partial charge in [0.2, 0.25) is 0 Å². The molecule has 0 aromatic heterocycles. The molecule has 0 bridgehead atoms. The quantitative estimate of drug-likeness (QED) is 0.387. The summed E-state index contributed by atoms with van der Waals surface area (Å²) in [5.74, 6) is 1.19. The first-order valence-corrected chi connectivity index (χ1v) is 24.7. The van der Waals surface area contributed by atoms with Gasteiger partial charge in [-0.1, -0.05) is 25.0 Å². The van der Waals surface area contributed by atoms with Crippen molar-refractivity contribution in [1.29, 1.82) is 0 Å². The first-order valence-electron chi connectivity index (χ1n) is 13.3. The van der Waals surface area contributed by atoms with E-state index in [4.69, 9.17) is 17.0 Å². The van der Waals surface area contributed by atoms with E-state index < -0.39 is 17.9 Å². The van der Waals surface area contributed by atoms with Crippen LogP contribution in [0.5, 0.6) is 0 Å². The van der Waals surface area contributed by atoms with Crippen molar-refractivity contribution in [2.75, 3.05) is 0 Å². The summed E-state index contributed by atoms with van der Waals surface area (Å²) in [5, 5.41) is 0. The predicted molar refractivity (Wildman–Crippen MR) is 158 cm³/mol. The van der Waals surface area contributed by atoms with Gasteiger partial charge >= 0.3 is 143 Å². The van der Waals surface area contributed by atoms with Crippen LogP contribution in [0.2, 0.25) is 4.63 Å². The molecule has 0 saturated heterocycles. The third-order valence-electron chi connectivity index (χ3n) is 8.71. The fraction of sp³-hybridized carbons (Fsp3) is 0.394. The topological polar surface area (TPSA) is 0 Å². The normalized spacial score (nSPS) is 23.2. The molecule has 0 spiro atoms. The summed E-state index contributed by atoms with van der Waals surface area (Å²) in [6.07, 6.45) is 11.7. The summed E-state index contributed by atoms with van der Waals surface area (Å²) in [6, 6.07) is 8.60. The van der Waals surface area contributed by atoms with Crippen molar-refractivity contribution in [2.24, 2.45) is 11.8 Å². The van der Waals surface area contributed by atoms with Gasteiger partial charge in [-0.25, -0.2) is 0 Å². The van der Waals surface area contributed by atoms with Crippen molar-refractivity contribution < 1.29 is 67.4 Å².